The first-order chi connectivity index (χ1) is 17.6. The van der Waals surface area contributed by atoms with E-state index in [1.165, 1.54) is 30.4 Å². The van der Waals surface area contributed by atoms with Crippen LogP contribution in [0.1, 0.15) is 44.3 Å². The minimum atomic E-state index is -4.88. The lowest BCUT2D eigenvalue weighted by Crippen LogP contribution is -2.51. The van der Waals surface area contributed by atoms with E-state index < -0.39 is 38.0 Å². The monoisotopic (exact) mass is 581 g/mol. The molecule has 5 nitrogen and oxygen atoms in total. The molecule has 1 heterocycles. The van der Waals surface area contributed by atoms with Crippen LogP contribution in [0, 0.1) is 0 Å². The average molecular weight is 582 g/mol. The Morgan fingerprint density at radius 3 is 2.26 bits per heavy atom. The van der Waals surface area contributed by atoms with Crippen LogP contribution in [0.25, 0.3) is 16.8 Å². The van der Waals surface area contributed by atoms with Crippen LogP contribution in [0.3, 0.4) is 0 Å². The summed E-state index contributed by atoms with van der Waals surface area (Å²) in [7, 11) is -4.40. The van der Waals surface area contributed by atoms with Crippen molar-refractivity contribution in [3.8, 4) is 11.3 Å². The SMILES string of the molecule is CC(C)(C)NS(=O)(=O)C1(c2nc(-c3ccc(Cl)cc3Cl)cc(C(F)(F)F)n2)C=CC=C(c2ccccc2)C1. The molecule has 0 saturated heterocycles. The first-order valence-electron chi connectivity index (χ1n) is 11.5. The van der Waals surface area contributed by atoms with Gasteiger partial charge in [0.2, 0.25) is 10.0 Å². The Balaban J connectivity index is 2.01. The number of hydrogen-bond donors (Lipinski definition) is 1. The second-order valence-corrected chi connectivity index (χ2v) is 12.7. The molecule has 0 amide bonds. The van der Waals surface area contributed by atoms with Gasteiger partial charge < -0.3 is 0 Å². The van der Waals surface area contributed by atoms with E-state index in [9.17, 15) is 21.6 Å². The molecular formula is C27H24Cl2F3N3O2S. The van der Waals surface area contributed by atoms with Gasteiger partial charge in [0.05, 0.1) is 10.7 Å². The molecule has 200 valence electrons. The molecule has 0 spiro atoms. The summed E-state index contributed by atoms with van der Waals surface area (Å²) in [6.07, 6.45) is -0.522. The molecule has 2 aromatic carbocycles. The number of nitrogens with zero attached hydrogens (tertiary/aromatic N) is 2. The summed E-state index contributed by atoms with van der Waals surface area (Å²) in [4.78, 5) is 8.19. The number of sulfonamides is 1. The molecule has 1 N–H and O–H groups in total. The summed E-state index contributed by atoms with van der Waals surface area (Å²) in [5.74, 6) is -0.525. The molecule has 1 aliphatic rings. The van der Waals surface area contributed by atoms with E-state index in [4.69, 9.17) is 23.2 Å². The molecule has 38 heavy (non-hydrogen) atoms. The Morgan fingerprint density at radius 1 is 0.974 bits per heavy atom. The highest BCUT2D eigenvalue weighted by Gasteiger charge is 2.50. The van der Waals surface area contributed by atoms with Crippen LogP contribution >= 0.6 is 23.2 Å². The van der Waals surface area contributed by atoms with Gasteiger partial charge in [0.1, 0.15) is 5.69 Å². The van der Waals surface area contributed by atoms with Crippen LogP contribution in [-0.2, 0) is 20.9 Å². The standard InChI is InChI=1S/C27H24Cl2F3N3O2S/c1-25(2,3)35-38(36,37)26(13-7-10-18(16-26)17-8-5-4-6-9-17)24-33-22(15-23(34-24)27(30,31)32)20-12-11-19(28)14-21(20)29/h4-15,35H,16H2,1-3H3. The molecule has 11 heteroatoms. The molecule has 1 unspecified atom stereocenters. The van der Waals surface area contributed by atoms with E-state index in [0.29, 0.717) is 5.57 Å². The second kappa shape index (κ2) is 10.1. The third-order valence-electron chi connectivity index (χ3n) is 5.78. The number of benzene rings is 2. The summed E-state index contributed by atoms with van der Waals surface area (Å²) < 4.78 is 70.9. The van der Waals surface area contributed by atoms with Crippen LogP contribution in [0.15, 0.2) is 72.8 Å². The molecule has 0 bridgehead atoms. The number of halogens is 5. The zero-order valence-corrected chi connectivity index (χ0v) is 23.0. The Hall–Kier alpha value is -2.72. The smallest absolute Gasteiger partial charge is 0.231 e. The minimum Gasteiger partial charge on any atom is -0.231 e. The van der Waals surface area contributed by atoms with Crippen molar-refractivity contribution in [1.82, 2.24) is 14.7 Å². The fourth-order valence-corrected chi connectivity index (χ4v) is 6.57. The number of nitrogens with one attached hydrogen (secondary N) is 1. The van der Waals surface area contributed by atoms with Crippen molar-refractivity contribution in [3.05, 3.63) is 100.0 Å². The lowest BCUT2D eigenvalue weighted by atomic mass is 9.88. The largest absolute Gasteiger partial charge is 0.433 e. The van der Waals surface area contributed by atoms with Crippen molar-refractivity contribution in [2.45, 2.75) is 43.7 Å². The molecule has 0 fully saturated rings. The van der Waals surface area contributed by atoms with Gasteiger partial charge in [-0.3, -0.25) is 0 Å². The second-order valence-electron chi connectivity index (χ2n) is 9.92. The maximum absolute atomic E-state index is 14.1. The number of allylic oxidation sites excluding steroid dienone is 3. The summed E-state index contributed by atoms with van der Waals surface area (Å²) >= 11 is 12.3. The molecule has 0 radical (unpaired) electrons. The van der Waals surface area contributed by atoms with Crippen molar-refractivity contribution >= 4 is 38.8 Å². The highest BCUT2D eigenvalue weighted by Crippen LogP contribution is 2.44. The van der Waals surface area contributed by atoms with Crippen molar-refractivity contribution in [3.63, 3.8) is 0 Å². The molecule has 0 aliphatic heterocycles. The zero-order chi connectivity index (χ0) is 27.9. The van der Waals surface area contributed by atoms with E-state index in [1.54, 1.807) is 51.1 Å². The fraction of sp³-hybridized carbons (Fsp3) is 0.259. The van der Waals surface area contributed by atoms with Gasteiger partial charge in [0.25, 0.3) is 0 Å². The molecule has 1 atom stereocenters. The topological polar surface area (TPSA) is 72.0 Å². The highest BCUT2D eigenvalue weighted by atomic mass is 35.5. The quantitative estimate of drug-likeness (QED) is 0.340. The van der Waals surface area contributed by atoms with Crippen LogP contribution in [0.5, 0.6) is 0 Å². The summed E-state index contributed by atoms with van der Waals surface area (Å²) in [6.45, 7) is 4.93. The molecular weight excluding hydrogens is 558 g/mol. The van der Waals surface area contributed by atoms with Crippen LogP contribution < -0.4 is 4.72 Å². The van der Waals surface area contributed by atoms with Gasteiger partial charge >= 0.3 is 6.18 Å². The van der Waals surface area contributed by atoms with E-state index in [-0.39, 0.29) is 27.7 Å². The third kappa shape index (κ3) is 5.81. The Morgan fingerprint density at radius 2 is 1.66 bits per heavy atom. The molecule has 1 aliphatic carbocycles. The van der Waals surface area contributed by atoms with Crippen molar-refractivity contribution < 1.29 is 21.6 Å². The highest BCUT2D eigenvalue weighted by molar-refractivity contribution is 7.90. The third-order valence-corrected chi connectivity index (χ3v) is 8.63. The van der Waals surface area contributed by atoms with E-state index >= 15 is 0 Å². The van der Waals surface area contributed by atoms with E-state index in [2.05, 4.69) is 14.7 Å². The first kappa shape index (κ1) is 28.3. The van der Waals surface area contributed by atoms with Crippen molar-refractivity contribution in [2.24, 2.45) is 0 Å². The number of rotatable bonds is 5. The zero-order valence-electron chi connectivity index (χ0n) is 20.6. The maximum atomic E-state index is 14.1. The van der Waals surface area contributed by atoms with Gasteiger partial charge in [-0.1, -0.05) is 71.8 Å². The number of aromatic nitrogens is 2. The van der Waals surface area contributed by atoms with Crippen LogP contribution in [-0.4, -0.2) is 23.9 Å². The number of hydrogen-bond acceptors (Lipinski definition) is 4. The number of alkyl halides is 3. The summed E-state index contributed by atoms with van der Waals surface area (Å²) in [6, 6.07) is 14.0. The van der Waals surface area contributed by atoms with E-state index in [0.717, 1.165) is 11.6 Å². The molecule has 4 rings (SSSR count). The predicted molar refractivity (Wildman–Crippen MR) is 144 cm³/mol. The fourth-order valence-electron chi connectivity index (χ4n) is 4.14. The van der Waals surface area contributed by atoms with Gasteiger partial charge in [0.15, 0.2) is 10.6 Å². The normalized spacial score (nSPS) is 18.4. The first-order valence-corrected chi connectivity index (χ1v) is 13.7. The van der Waals surface area contributed by atoms with Gasteiger partial charge in [-0.05, 0) is 56.2 Å². The van der Waals surface area contributed by atoms with Gasteiger partial charge in [-0.15, -0.1) is 0 Å². The van der Waals surface area contributed by atoms with Crippen molar-refractivity contribution in [2.75, 3.05) is 0 Å². The molecule has 1 aromatic heterocycles. The minimum absolute atomic E-state index is 0.0593. The molecule has 0 saturated carbocycles. The lowest BCUT2D eigenvalue weighted by Gasteiger charge is -2.35. The van der Waals surface area contributed by atoms with E-state index in [1.807, 2.05) is 6.07 Å². The summed E-state index contributed by atoms with van der Waals surface area (Å²) in [5.41, 5.74) is -0.936. The molecule has 3 aromatic rings. The Kier molecular flexibility index (Phi) is 7.53. The average Bonchev–Trinajstić information content (AvgIpc) is 2.82. The van der Waals surface area contributed by atoms with Crippen molar-refractivity contribution in [1.29, 1.82) is 0 Å². The summed E-state index contributed by atoms with van der Waals surface area (Å²) in [5, 5.41) is 0.342. The lowest BCUT2D eigenvalue weighted by molar-refractivity contribution is -0.141. The van der Waals surface area contributed by atoms with Gasteiger partial charge in [-0.2, -0.15) is 13.2 Å². The Bertz CT molecular complexity index is 1530. The maximum Gasteiger partial charge on any atom is 0.433 e. The van der Waals surface area contributed by atoms with Crippen LogP contribution in [0.4, 0.5) is 13.2 Å². The van der Waals surface area contributed by atoms with Gasteiger partial charge in [0, 0.05) is 22.5 Å². The Labute approximate surface area is 229 Å². The predicted octanol–water partition coefficient (Wildman–Crippen LogP) is 7.43. The van der Waals surface area contributed by atoms with Gasteiger partial charge in [-0.25, -0.2) is 23.1 Å². The van der Waals surface area contributed by atoms with Crippen LogP contribution in [0.2, 0.25) is 10.0 Å².